The second-order valence-corrected chi connectivity index (χ2v) is 5.61. The maximum Gasteiger partial charge on any atom is 0.237 e. The number of hydrogen-bond donors (Lipinski definition) is 1. The van der Waals surface area contributed by atoms with Crippen molar-refractivity contribution in [3.8, 4) is 0 Å². The van der Waals surface area contributed by atoms with E-state index in [1.165, 1.54) is 5.69 Å². The molecule has 2 rings (SSSR count). The van der Waals surface area contributed by atoms with E-state index in [9.17, 15) is 4.79 Å². The van der Waals surface area contributed by atoms with Gasteiger partial charge < -0.3 is 5.32 Å². The predicted octanol–water partition coefficient (Wildman–Crippen LogP) is 1.55. The highest BCUT2D eigenvalue weighted by atomic mass is 79.9. The minimum absolute atomic E-state index is 0.0778. The molecule has 5 nitrogen and oxygen atoms in total. The number of amides is 1. The molecule has 106 valence electrons. The minimum atomic E-state index is -0.0778. The number of carbonyl (C=O) groups is 1. The molecule has 1 amide bonds. The zero-order valence-electron chi connectivity index (χ0n) is 11.7. The van der Waals surface area contributed by atoms with Gasteiger partial charge in [-0.2, -0.15) is 5.10 Å². The molecule has 1 aromatic heterocycles. The standard InChI is InChI=1S/C13H21BrN4O/c1-4-10-12(14)11(18(5-2)16-10)8-17-7-6-15-13(19)9(17)3/h9H,4-8H2,1-3H3,(H,15,19). The van der Waals surface area contributed by atoms with Gasteiger partial charge in [-0.05, 0) is 36.2 Å². The van der Waals surface area contributed by atoms with Crippen LogP contribution in [0.2, 0.25) is 0 Å². The summed E-state index contributed by atoms with van der Waals surface area (Å²) in [7, 11) is 0. The summed E-state index contributed by atoms with van der Waals surface area (Å²) in [6, 6.07) is -0.0778. The molecule has 0 aromatic carbocycles. The van der Waals surface area contributed by atoms with Crippen molar-refractivity contribution in [3.63, 3.8) is 0 Å². The van der Waals surface area contributed by atoms with E-state index >= 15 is 0 Å². The number of nitrogens with one attached hydrogen (secondary N) is 1. The van der Waals surface area contributed by atoms with Crippen molar-refractivity contribution in [1.82, 2.24) is 20.0 Å². The van der Waals surface area contributed by atoms with Crippen LogP contribution in [0.15, 0.2) is 4.47 Å². The van der Waals surface area contributed by atoms with Gasteiger partial charge in [0.2, 0.25) is 5.91 Å². The molecule has 0 aliphatic carbocycles. The summed E-state index contributed by atoms with van der Waals surface area (Å²) in [6.07, 6.45) is 0.913. The average Bonchev–Trinajstić information content (AvgIpc) is 2.71. The van der Waals surface area contributed by atoms with Crippen LogP contribution in [-0.2, 0) is 24.3 Å². The summed E-state index contributed by atoms with van der Waals surface area (Å²) in [4.78, 5) is 13.9. The maximum atomic E-state index is 11.7. The van der Waals surface area contributed by atoms with Crippen LogP contribution < -0.4 is 5.32 Å². The number of aromatic nitrogens is 2. The number of aryl methyl sites for hydroxylation is 2. The smallest absolute Gasteiger partial charge is 0.237 e. The van der Waals surface area contributed by atoms with Crippen LogP contribution in [0.3, 0.4) is 0 Å². The molecule has 0 spiro atoms. The van der Waals surface area contributed by atoms with Crippen molar-refractivity contribution in [3.05, 3.63) is 15.9 Å². The molecule has 1 saturated heterocycles. The summed E-state index contributed by atoms with van der Waals surface area (Å²) in [5.41, 5.74) is 2.26. The molecule has 1 atom stereocenters. The molecule has 1 unspecified atom stereocenters. The molecule has 0 radical (unpaired) electrons. The lowest BCUT2D eigenvalue weighted by Crippen LogP contribution is -2.53. The largest absolute Gasteiger partial charge is 0.353 e. The number of halogens is 1. The molecule has 1 N–H and O–H groups in total. The van der Waals surface area contributed by atoms with Crippen molar-refractivity contribution in [2.24, 2.45) is 0 Å². The van der Waals surface area contributed by atoms with Gasteiger partial charge in [-0.25, -0.2) is 0 Å². The van der Waals surface area contributed by atoms with Crippen molar-refractivity contribution in [1.29, 1.82) is 0 Å². The highest BCUT2D eigenvalue weighted by molar-refractivity contribution is 9.10. The SMILES string of the molecule is CCc1nn(CC)c(CN2CCNC(=O)C2C)c1Br. The molecule has 1 aliphatic rings. The molecule has 19 heavy (non-hydrogen) atoms. The van der Waals surface area contributed by atoms with Crippen LogP contribution in [0.5, 0.6) is 0 Å². The van der Waals surface area contributed by atoms with Crippen molar-refractivity contribution in [2.75, 3.05) is 13.1 Å². The van der Waals surface area contributed by atoms with E-state index in [0.29, 0.717) is 0 Å². The van der Waals surface area contributed by atoms with Gasteiger partial charge in [0.05, 0.1) is 21.9 Å². The number of nitrogens with zero attached hydrogens (tertiary/aromatic N) is 3. The van der Waals surface area contributed by atoms with Gasteiger partial charge in [-0.1, -0.05) is 6.92 Å². The van der Waals surface area contributed by atoms with Gasteiger partial charge >= 0.3 is 0 Å². The van der Waals surface area contributed by atoms with Gasteiger partial charge in [-0.3, -0.25) is 14.4 Å². The van der Waals surface area contributed by atoms with E-state index in [2.05, 4.69) is 45.1 Å². The van der Waals surface area contributed by atoms with E-state index in [4.69, 9.17) is 0 Å². The highest BCUT2D eigenvalue weighted by Gasteiger charge is 2.27. The Kier molecular flexibility index (Phi) is 4.62. The Morgan fingerprint density at radius 2 is 2.21 bits per heavy atom. The topological polar surface area (TPSA) is 50.2 Å². The van der Waals surface area contributed by atoms with E-state index in [0.717, 1.165) is 42.8 Å². The lowest BCUT2D eigenvalue weighted by molar-refractivity contribution is -0.128. The lowest BCUT2D eigenvalue weighted by Gasteiger charge is -2.32. The molecular formula is C13H21BrN4O. The molecule has 0 bridgehead atoms. The first kappa shape index (κ1) is 14.5. The fraction of sp³-hybridized carbons (Fsp3) is 0.692. The Balaban J connectivity index is 2.22. The fourth-order valence-corrected chi connectivity index (χ4v) is 3.10. The fourth-order valence-electron chi connectivity index (χ4n) is 2.41. The first-order valence-corrected chi connectivity index (χ1v) is 7.63. The molecule has 1 aliphatic heterocycles. The summed E-state index contributed by atoms with van der Waals surface area (Å²) in [5, 5.41) is 7.49. The summed E-state index contributed by atoms with van der Waals surface area (Å²) < 4.78 is 3.12. The van der Waals surface area contributed by atoms with Gasteiger partial charge in [0, 0.05) is 26.2 Å². The number of rotatable bonds is 4. The van der Waals surface area contributed by atoms with Crippen molar-refractivity contribution >= 4 is 21.8 Å². The van der Waals surface area contributed by atoms with E-state index < -0.39 is 0 Å². The Labute approximate surface area is 122 Å². The van der Waals surface area contributed by atoms with Gasteiger partial charge in [-0.15, -0.1) is 0 Å². The first-order valence-electron chi connectivity index (χ1n) is 6.84. The van der Waals surface area contributed by atoms with Gasteiger partial charge in [0.25, 0.3) is 0 Å². The maximum absolute atomic E-state index is 11.7. The van der Waals surface area contributed by atoms with Crippen molar-refractivity contribution < 1.29 is 4.79 Å². The van der Waals surface area contributed by atoms with Gasteiger partial charge in [0.15, 0.2) is 0 Å². The molecule has 1 fully saturated rings. The van der Waals surface area contributed by atoms with Crippen LogP contribution >= 0.6 is 15.9 Å². The van der Waals surface area contributed by atoms with E-state index in [-0.39, 0.29) is 11.9 Å². The minimum Gasteiger partial charge on any atom is -0.353 e. The first-order chi connectivity index (χ1) is 9.08. The monoisotopic (exact) mass is 328 g/mol. The van der Waals surface area contributed by atoms with Crippen LogP contribution in [0.4, 0.5) is 0 Å². The molecule has 0 saturated carbocycles. The third kappa shape index (κ3) is 2.84. The van der Waals surface area contributed by atoms with Crippen LogP contribution in [0.1, 0.15) is 32.2 Å². The number of hydrogen-bond acceptors (Lipinski definition) is 3. The molecule has 6 heteroatoms. The number of piperazine rings is 1. The third-order valence-corrected chi connectivity index (χ3v) is 4.59. The number of carbonyl (C=O) groups excluding carboxylic acids is 1. The summed E-state index contributed by atoms with van der Waals surface area (Å²) >= 11 is 3.65. The Morgan fingerprint density at radius 1 is 1.47 bits per heavy atom. The molecule has 1 aromatic rings. The lowest BCUT2D eigenvalue weighted by atomic mass is 10.2. The average molecular weight is 329 g/mol. The van der Waals surface area contributed by atoms with Gasteiger partial charge in [0.1, 0.15) is 0 Å². The second kappa shape index (κ2) is 6.05. The Morgan fingerprint density at radius 3 is 2.84 bits per heavy atom. The summed E-state index contributed by atoms with van der Waals surface area (Å²) in [6.45, 7) is 9.37. The predicted molar refractivity (Wildman–Crippen MR) is 77.9 cm³/mol. The Bertz CT molecular complexity index is 471. The van der Waals surface area contributed by atoms with Crippen LogP contribution in [0.25, 0.3) is 0 Å². The van der Waals surface area contributed by atoms with E-state index in [1.807, 2.05) is 11.6 Å². The zero-order valence-corrected chi connectivity index (χ0v) is 13.3. The molecule has 2 heterocycles. The second-order valence-electron chi connectivity index (χ2n) is 4.81. The Hall–Kier alpha value is -0.880. The molecular weight excluding hydrogens is 308 g/mol. The van der Waals surface area contributed by atoms with E-state index in [1.54, 1.807) is 0 Å². The summed E-state index contributed by atoms with van der Waals surface area (Å²) in [5.74, 6) is 0.112. The quantitative estimate of drug-likeness (QED) is 0.912. The normalized spacial score (nSPS) is 20.6. The highest BCUT2D eigenvalue weighted by Crippen LogP contribution is 2.24. The van der Waals surface area contributed by atoms with Crippen molar-refractivity contribution in [2.45, 2.75) is 46.3 Å². The van der Waals surface area contributed by atoms with Crippen LogP contribution in [0, 0.1) is 0 Å². The third-order valence-electron chi connectivity index (χ3n) is 3.67. The zero-order chi connectivity index (χ0) is 14.0. The van der Waals surface area contributed by atoms with Crippen LogP contribution in [-0.4, -0.2) is 39.7 Å².